The first-order chi connectivity index (χ1) is 16.2. The Kier molecular flexibility index (Phi) is 5.66. The molecule has 4 aliphatic heterocycles. The van der Waals surface area contributed by atoms with Gasteiger partial charge in [-0.05, 0) is 0 Å². The van der Waals surface area contributed by atoms with E-state index < -0.39 is 71.2 Å². The van der Waals surface area contributed by atoms with Gasteiger partial charge in [0.2, 0.25) is 0 Å². The molecule has 34 heavy (non-hydrogen) atoms. The normalized spacial score (nSPS) is 34.7. The molecule has 0 amide bonds. The molecule has 2 fully saturated rings. The van der Waals surface area contributed by atoms with E-state index in [1.807, 2.05) is 0 Å². The number of aromatic nitrogens is 4. The van der Waals surface area contributed by atoms with Crippen molar-refractivity contribution in [3.8, 4) is 0 Å². The van der Waals surface area contributed by atoms with Gasteiger partial charge >= 0.3 is 11.4 Å². The molecule has 0 spiro atoms. The topological polar surface area (TPSA) is 209 Å². The van der Waals surface area contributed by atoms with Crippen LogP contribution in [0.4, 0.5) is 0 Å². The van der Waals surface area contributed by atoms with E-state index in [2.05, 4.69) is 9.97 Å². The van der Waals surface area contributed by atoms with Crippen molar-refractivity contribution in [1.82, 2.24) is 19.1 Å². The number of nitrogens with zero attached hydrogens (tertiary/aromatic N) is 2. The summed E-state index contributed by atoms with van der Waals surface area (Å²) in [5.41, 5.74) is -1.28. The van der Waals surface area contributed by atoms with Crippen molar-refractivity contribution in [2.45, 2.75) is 61.5 Å². The standard InChI is InChI=1S/2C10H12N2O5/c2*13-3-4-5-1-7(15)11-10(16)12(5)8-2-6(14)9(4)17-8/h2*1,4,6,8-9,13-14H,2-3H2,(H,11,15,16)/t2*4-,6-,8+,9+/m00/s1. The van der Waals surface area contributed by atoms with Crippen molar-refractivity contribution >= 4 is 0 Å². The molecule has 14 heteroatoms. The fraction of sp³-hybridized carbons (Fsp3) is 0.600. The first-order valence-corrected chi connectivity index (χ1v) is 10.8. The lowest BCUT2D eigenvalue weighted by atomic mass is 9.96. The lowest BCUT2D eigenvalue weighted by Gasteiger charge is -2.31. The van der Waals surface area contributed by atoms with Gasteiger partial charge in [0.05, 0.1) is 49.5 Å². The van der Waals surface area contributed by atoms with E-state index in [0.717, 1.165) is 0 Å². The van der Waals surface area contributed by atoms with E-state index in [9.17, 15) is 39.6 Å². The predicted octanol–water partition coefficient (Wildman–Crippen LogP) is -3.45. The van der Waals surface area contributed by atoms with Crippen LogP contribution in [-0.4, -0.2) is 77.2 Å². The minimum absolute atomic E-state index is 0.280. The number of fused-ring (bicyclic) bond motifs is 8. The molecule has 0 aromatic carbocycles. The molecule has 2 saturated heterocycles. The van der Waals surface area contributed by atoms with Crippen molar-refractivity contribution in [1.29, 1.82) is 0 Å². The summed E-state index contributed by atoms with van der Waals surface area (Å²) in [5, 5.41) is 38.3. The molecule has 4 aliphatic rings. The number of hydrogen-bond donors (Lipinski definition) is 6. The lowest BCUT2D eigenvalue weighted by Crippen LogP contribution is -2.42. The highest BCUT2D eigenvalue weighted by atomic mass is 16.5. The van der Waals surface area contributed by atoms with Crippen LogP contribution in [0.15, 0.2) is 31.3 Å². The third-order valence-corrected chi connectivity index (χ3v) is 6.81. The molecule has 4 bridgehead atoms. The highest BCUT2D eigenvalue weighted by Crippen LogP contribution is 2.42. The minimum atomic E-state index is -0.730. The number of aliphatic hydroxyl groups is 4. The largest absolute Gasteiger partial charge is 0.396 e. The van der Waals surface area contributed by atoms with Gasteiger partial charge in [-0.3, -0.25) is 28.7 Å². The zero-order valence-electron chi connectivity index (χ0n) is 17.7. The van der Waals surface area contributed by atoms with Crippen molar-refractivity contribution in [3.63, 3.8) is 0 Å². The minimum Gasteiger partial charge on any atom is -0.396 e. The third-order valence-electron chi connectivity index (χ3n) is 6.81. The summed E-state index contributed by atoms with van der Waals surface area (Å²) in [6.07, 6.45) is -3.09. The molecule has 0 saturated carbocycles. The molecule has 184 valence electrons. The van der Waals surface area contributed by atoms with Gasteiger partial charge in [-0.25, -0.2) is 9.59 Å². The molecule has 14 nitrogen and oxygen atoms in total. The average molecular weight is 480 g/mol. The zero-order chi connectivity index (χ0) is 24.3. The van der Waals surface area contributed by atoms with Crippen molar-refractivity contribution in [2.24, 2.45) is 0 Å². The van der Waals surface area contributed by atoms with Crippen molar-refractivity contribution < 1.29 is 29.9 Å². The number of hydrogen-bond acceptors (Lipinski definition) is 10. The number of nitrogens with one attached hydrogen (secondary N) is 2. The number of ether oxygens (including phenoxy) is 2. The zero-order valence-corrected chi connectivity index (χ0v) is 17.7. The molecule has 6 N–H and O–H groups in total. The summed E-state index contributed by atoms with van der Waals surface area (Å²) >= 11 is 0. The van der Waals surface area contributed by atoms with Crippen molar-refractivity contribution in [3.05, 3.63) is 65.2 Å². The molecule has 2 aromatic rings. The summed E-state index contributed by atoms with van der Waals surface area (Å²) in [6, 6.07) is 2.56. The smallest absolute Gasteiger partial charge is 0.330 e. The third kappa shape index (κ3) is 3.50. The maximum Gasteiger partial charge on any atom is 0.330 e. The fourth-order valence-electron chi connectivity index (χ4n) is 5.34. The molecule has 2 aromatic heterocycles. The Balaban J connectivity index is 0.000000142. The summed E-state index contributed by atoms with van der Waals surface area (Å²) < 4.78 is 13.6. The highest BCUT2D eigenvalue weighted by molar-refractivity contribution is 5.18. The average Bonchev–Trinajstić information content (AvgIpc) is 3.26. The molecule has 0 radical (unpaired) electrons. The first kappa shape index (κ1) is 22.9. The van der Waals surface area contributed by atoms with Gasteiger partial charge in [0.25, 0.3) is 11.1 Å². The van der Waals surface area contributed by atoms with Gasteiger partial charge < -0.3 is 29.9 Å². The van der Waals surface area contributed by atoms with Crippen LogP contribution in [0.3, 0.4) is 0 Å². The highest BCUT2D eigenvalue weighted by Gasteiger charge is 2.47. The maximum absolute atomic E-state index is 11.7. The second kappa shape index (κ2) is 8.41. The van der Waals surface area contributed by atoms with Crippen LogP contribution in [0.1, 0.15) is 48.5 Å². The SMILES string of the molecule is O=c1cc2n(c(=O)[nH]1)[C@H]1C[C@H](O)[C@H](O1)[C@H]2CO.O=c1cc2n(c(=O)[nH]1)[C@H]1C[C@H](O)[C@H](O1)[C@H]2CO. The Bertz CT molecular complexity index is 1230. The van der Waals surface area contributed by atoms with Crippen LogP contribution in [0, 0.1) is 0 Å². The number of aromatic amines is 2. The van der Waals surface area contributed by atoms with E-state index in [1.165, 1.54) is 21.3 Å². The molecule has 6 heterocycles. The predicted molar refractivity (Wildman–Crippen MR) is 111 cm³/mol. The van der Waals surface area contributed by atoms with Gasteiger partial charge in [0, 0.05) is 36.4 Å². The van der Waals surface area contributed by atoms with Crippen LogP contribution in [-0.2, 0) is 9.47 Å². The molecule has 8 atom stereocenters. The number of H-pyrrole nitrogens is 2. The van der Waals surface area contributed by atoms with Crippen LogP contribution in [0.5, 0.6) is 0 Å². The van der Waals surface area contributed by atoms with Crippen LogP contribution in [0.25, 0.3) is 0 Å². The first-order valence-electron chi connectivity index (χ1n) is 10.8. The maximum atomic E-state index is 11.7. The van der Waals surface area contributed by atoms with Crippen molar-refractivity contribution in [2.75, 3.05) is 13.2 Å². The van der Waals surface area contributed by atoms with E-state index in [1.54, 1.807) is 0 Å². The molecular weight excluding hydrogens is 456 g/mol. The lowest BCUT2D eigenvalue weighted by molar-refractivity contribution is -0.0667. The molecule has 0 aliphatic carbocycles. The van der Waals surface area contributed by atoms with Crippen LogP contribution < -0.4 is 22.5 Å². The van der Waals surface area contributed by atoms with Gasteiger partial charge in [-0.1, -0.05) is 0 Å². The molecular formula is C20H24N4O10. The second-order valence-electron chi connectivity index (χ2n) is 8.76. The molecule has 6 rings (SSSR count). The van der Waals surface area contributed by atoms with E-state index in [-0.39, 0.29) is 13.2 Å². The van der Waals surface area contributed by atoms with Crippen LogP contribution in [0.2, 0.25) is 0 Å². The monoisotopic (exact) mass is 480 g/mol. The van der Waals surface area contributed by atoms with Gasteiger partial charge in [-0.15, -0.1) is 0 Å². The van der Waals surface area contributed by atoms with Gasteiger partial charge in [0.15, 0.2) is 0 Å². The number of rotatable bonds is 2. The van der Waals surface area contributed by atoms with Gasteiger partial charge in [-0.2, -0.15) is 0 Å². The Labute approximate surface area is 189 Å². The van der Waals surface area contributed by atoms with Crippen LogP contribution >= 0.6 is 0 Å². The van der Waals surface area contributed by atoms with Gasteiger partial charge in [0.1, 0.15) is 12.5 Å². The summed E-state index contributed by atoms with van der Waals surface area (Å²) in [7, 11) is 0. The fourth-order valence-corrected chi connectivity index (χ4v) is 5.34. The number of aliphatic hydroxyl groups excluding tert-OH is 4. The van der Waals surface area contributed by atoms with E-state index in [0.29, 0.717) is 24.2 Å². The Morgan fingerprint density at radius 1 is 0.765 bits per heavy atom. The summed E-state index contributed by atoms with van der Waals surface area (Å²) in [4.78, 5) is 50.3. The second-order valence-corrected chi connectivity index (χ2v) is 8.76. The van der Waals surface area contributed by atoms with E-state index in [4.69, 9.17) is 9.47 Å². The molecule has 0 unspecified atom stereocenters. The quantitative estimate of drug-likeness (QED) is 0.250. The summed E-state index contributed by atoms with van der Waals surface area (Å²) in [5.74, 6) is -1.09. The Morgan fingerprint density at radius 2 is 1.15 bits per heavy atom. The summed E-state index contributed by atoms with van der Waals surface area (Å²) in [6.45, 7) is -0.561. The Morgan fingerprint density at radius 3 is 1.50 bits per heavy atom. The Hall–Kier alpha value is -2.88. The van der Waals surface area contributed by atoms with E-state index >= 15 is 0 Å².